The molecule has 0 unspecified atom stereocenters. The fraction of sp³-hybridized carbons (Fsp3) is 0.385. The van der Waals surface area contributed by atoms with E-state index in [2.05, 4.69) is 76.2 Å². The molecule has 1 aliphatic heterocycles. The molecule has 0 radical (unpaired) electrons. The standard InChI is InChI=1S/C26H30N2/c1-18-14-16-20(17-15-18)24-23(19-10-6-5-7-11-19)21-12-8-9-13-22(21)27-25(28-24)26(2,3)4/h8-9,12-17H,5-7,10-11H2,1-4H3. The molecule has 2 aromatic rings. The highest BCUT2D eigenvalue weighted by Gasteiger charge is 2.28. The van der Waals surface area contributed by atoms with Crippen molar-refractivity contribution >= 4 is 22.8 Å². The first-order valence-electron chi connectivity index (χ1n) is 10.5. The second kappa shape index (κ2) is 7.50. The van der Waals surface area contributed by atoms with E-state index >= 15 is 0 Å². The van der Waals surface area contributed by atoms with Crippen LogP contribution in [0.15, 0.2) is 64.1 Å². The van der Waals surface area contributed by atoms with Crippen LogP contribution in [0.25, 0.3) is 5.57 Å². The maximum Gasteiger partial charge on any atom is 0.135 e. The first-order chi connectivity index (χ1) is 13.4. The molecular formula is C26H30N2. The van der Waals surface area contributed by atoms with E-state index in [9.17, 15) is 0 Å². The van der Waals surface area contributed by atoms with Gasteiger partial charge in [0.05, 0.1) is 11.4 Å². The Kier molecular flexibility index (Phi) is 5.05. The van der Waals surface area contributed by atoms with Gasteiger partial charge in [0.25, 0.3) is 0 Å². The average molecular weight is 371 g/mol. The van der Waals surface area contributed by atoms with Crippen molar-refractivity contribution in [2.24, 2.45) is 15.4 Å². The third-order valence-electron chi connectivity index (χ3n) is 5.66. The summed E-state index contributed by atoms with van der Waals surface area (Å²) in [5.74, 6) is 0.905. The molecular weight excluding hydrogens is 340 g/mol. The van der Waals surface area contributed by atoms with Gasteiger partial charge in [-0.25, -0.2) is 9.98 Å². The molecule has 0 N–H and O–H groups in total. The van der Waals surface area contributed by atoms with Crippen molar-refractivity contribution in [2.75, 3.05) is 0 Å². The lowest BCUT2D eigenvalue weighted by molar-refractivity contribution is 0.585. The van der Waals surface area contributed by atoms with Crippen LogP contribution in [0.3, 0.4) is 0 Å². The predicted octanol–water partition coefficient (Wildman–Crippen LogP) is 7.29. The quantitative estimate of drug-likeness (QED) is 0.503. The van der Waals surface area contributed by atoms with Crippen LogP contribution < -0.4 is 0 Å². The highest BCUT2D eigenvalue weighted by Crippen LogP contribution is 2.40. The van der Waals surface area contributed by atoms with Crippen LogP contribution in [-0.2, 0) is 0 Å². The van der Waals surface area contributed by atoms with Gasteiger partial charge in [-0.05, 0) is 38.7 Å². The monoisotopic (exact) mass is 370 g/mol. The van der Waals surface area contributed by atoms with Crippen molar-refractivity contribution in [3.05, 3.63) is 70.8 Å². The van der Waals surface area contributed by atoms with Gasteiger partial charge in [-0.1, -0.05) is 80.8 Å². The van der Waals surface area contributed by atoms with Crippen molar-refractivity contribution < 1.29 is 0 Å². The van der Waals surface area contributed by atoms with Crippen LogP contribution in [0.2, 0.25) is 0 Å². The van der Waals surface area contributed by atoms with Gasteiger partial charge in [-0.2, -0.15) is 0 Å². The summed E-state index contributed by atoms with van der Waals surface area (Å²) in [4.78, 5) is 10.3. The Balaban J connectivity index is 2.02. The van der Waals surface area contributed by atoms with E-state index in [1.165, 1.54) is 54.4 Å². The smallest absolute Gasteiger partial charge is 0.135 e. The summed E-state index contributed by atoms with van der Waals surface area (Å²) in [5.41, 5.74) is 8.59. The Hall–Kier alpha value is -2.48. The highest BCUT2D eigenvalue weighted by molar-refractivity contribution is 6.36. The molecule has 2 nitrogen and oxygen atoms in total. The maximum absolute atomic E-state index is 5.23. The third-order valence-corrected chi connectivity index (χ3v) is 5.66. The average Bonchev–Trinajstić information content (AvgIpc) is 2.86. The van der Waals surface area contributed by atoms with Crippen molar-refractivity contribution in [3.8, 4) is 0 Å². The van der Waals surface area contributed by atoms with Crippen LogP contribution in [-0.4, -0.2) is 11.5 Å². The number of aliphatic imine (C=N–C) groups is 2. The molecule has 28 heavy (non-hydrogen) atoms. The zero-order valence-electron chi connectivity index (χ0n) is 17.5. The maximum atomic E-state index is 5.23. The summed E-state index contributed by atoms with van der Waals surface area (Å²) in [6, 6.07) is 17.4. The fourth-order valence-electron chi connectivity index (χ4n) is 4.05. The minimum atomic E-state index is -0.115. The van der Waals surface area contributed by atoms with Gasteiger partial charge in [0.1, 0.15) is 5.84 Å². The Labute approximate surface area is 169 Å². The second-order valence-electron chi connectivity index (χ2n) is 9.07. The van der Waals surface area contributed by atoms with Crippen LogP contribution in [0.5, 0.6) is 0 Å². The summed E-state index contributed by atoms with van der Waals surface area (Å²) in [5, 5.41) is 0. The molecule has 0 atom stereocenters. The first-order valence-corrected chi connectivity index (χ1v) is 10.5. The summed E-state index contributed by atoms with van der Waals surface area (Å²) in [7, 11) is 0. The number of fused-ring (bicyclic) bond motifs is 1. The Morgan fingerprint density at radius 1 is 0.786 bits per heavy atom. The predicted molar refractivity (Wildman–Crippen MR) is 121 cm³/mol. The molecule has 0 bridgehead atoms. The van der Waals surface area contributed by atoms with E-state index in [4.69, 9.17) is 9.98 Å². The first kappa shape index (κ1) is 18.9. The number of aryl methyl sites for hydroxylation is 1. The molecule has 0 amide bonds. The Bertz CT molecular complexity index is 958. The van der Waals surface area contributed by atoms with Crippen LogP contribution in [0, 0.1) is 12.3 Å². The fourth-order valence-corrected chi connectivity index (χ4v) is 4.05. The zero-order chi connectivity index (χ0) is 19.7. The molecule has 2 aliphatic rings. The van der Waals surface area contributed by atoms with Gasteiger partial charge in [0.15, 0.2) is 0 Å². The molecule has 2 heteroatoms. The van der Waals surface area contributed by atoms with Crippen molar-refractivity contribution in [3.63, 3.8) is 0 Å². The number of para-hydroxylation sites is 1. The van der Waals surface area contributed by atoms with E-state index in [1.807, 2.05) is 0 Å². The highest BCUT2D eigenvalue weighted by atomic mass is 15.0. The van der Waals surface area contributed by atoms with E-state index in [0.29, 0.717) is 0 Å². The minimum absolute atomic E-state index is 0.115. The number of nitrogens with zero attached hydrogens (tertiary/aromatic N) is 2. The minimum Gasteiger partial charge on any atom is -0.232 e. The lowest BCUT2D eigenvalue weighted by Crippen LogP contribution is -2.20. The van der Waals surface area contributed by atoms with E-state index in [-0.39, 0.29) is 5.41 Å². The Morgan fingerprint density at radius 3 is 2.14 bits per heavy atom. The summed E-state index contributed by atoms with van der Waals surface area (Å²) in [6.45, 7) is 8.73. The van der Waals surface area contributed by atoms with E-state index in [1.54, 1.807) is 5.57 Å². The van der Waals surface area contributed by atoms with Crippen LogP contribution in [0.1, 0.15) is 69.6 Å². The lowest BCUT2D eigenvalue weighted by Gasteiger charge is -2.22. The number of amidine groups is 1. The number of benzene rings is 2. The molecule has 1 aliphatic carbocycles. The molecule has 1 heterocycles. The zero-order valence-corrected chi connectivity index (χ0v) is 17.5. The van der Waals surface area contributed by atoms with E-state index < -0.39 is 0 Å². The SMILES string of the molecule is Cc1ccc(C2=NC(C(C)(C)C)=Nc3ccccc3C2=C2CCCCC2)cc1. The second-order valence-corrected chi connectivity index (χ2v) is 9.07. The Morgan fingerprint density at radius 2 is 1.46 bits per heavy atom. The topological polar surface area (TPSA) is 24.7 Å². The van der Waals surface area contributed by atoms with Crippen LogP contribution >= 0.6 is 0 Å². The molecule has 0 saturated heterocycles. The van der Waals surface area contributed by atoms with Gasteiger partial charge in [0.2, 0.25) is 0 Å². The van der Waals surface area contributed by atoms with Gasteiger partial charge < -0.3 is 0 Å². The summed E-state index contributed by atoms with van der Waals surface area (Å²) >= 11 is 0. The largest absolute Gasteiger partial charge is 0.232 e. The number of rotatable bonds is 1. The van der Waals surface area contributed by atoms with Crippen molar-refractivity contribution in [1.29, 1.82) is 0 Å². The van der Waals surface area contributed by atoms with Crippen molar-refractivity contribution in [2.45, 2.75) is 59.8 Å². The lowest BCUT2D eigenvalue weighted by atomic mass is 9.84. The third kappa shape index (κ3) is 3.73. The van der Waals surface area contributed by atoms with Crippen LogP contribution in [0.4, 0.5) is 5.69 Å². The summed E-state index contributed by atoms with van der Waals surface area (Å²) < 4.78 is 0. The number of allylic oxidation sites excluding steroid dienone is 2. The number of hydrogen-bond donors (Lipinski definition) is 0. The summed E-state index contributed by atoms with van der Waals surface area (Å²) in [6.07, 6.45) is 6.21. The molecule has 4 rings (SSSR count). The van der Waals surface area contributed by atoms with Gasteiger partial charge in [-0.15, -0.1) is 0 Å². The van der Waals surface area contributed by atoms with Gasteiger partial charge in [-0.3, -0.25) is 0 Å². The molecule has 2 aromatic carbocycles. The molecule has 0 spiro atoms. The molecule has 1 saturated carbocycles. The molecule has 0 aromatic heterocycles. The molecule has 1 fully saturated rings. The van der Waals surface area contributed by atoms with E-state index in [0.717, 1.165) is 17.2 Å². The van der Waals surface area contributed by atoms with Gasteiger partial charge in [0, 0.05) is 22.1 Å². The number of hydrogen-bond acceptors (Lipinski definition) is 2. The molecule has 144 valence electrons. The normalized spacial score (nSPS) is 17.6. The van der Waals surface area contributed by atoms with Gasteiger partial charge >= 0.3 is 0 Å². The van der Waals surface area contributed by atoms with Crippen molar-refractivity contribution in [1.82, 2.24) is 0 Å².